The lowest BCUT2D eigenvalue weighted by Gasteiger charge is -2.12. The summed E-state index contributed by atoms with van der Waals surface area (Å²) >= 11 is 0. The van der Waals surface area contributed by atoms with Crippen molar-refractivity contribution in [2.45, 2.75) is 20.1 Å². The second-order valence-electron chi connectivity index (χ2n) is 4.48. The lowest BCUT2D eigenvalue weighted by atomic mass is 10.2. The average molecular weight is 288 g/mol. The number of imidazole rings is 1. The highest BCUT2D eigenvalue weighted by atomic mass is 16.5. The van der Waals surface area contributed by atoms with Gasteiger partial charge in [0, 0.05) is 43.3 Å². The van der Waals surface area contributed by atoms with Crippen molar-refractivity contribution in [2.24, 2.45) is 0 Å². The number of carbonyl (C=O) groups is 1. The lowest BCUT2D eigenvalue weighted by molar-refractivity contribution is 0.134. The van der Waals surface area contributed by atoms with Gasteiger partial charge in [-0.2, -0.15) is 0 Å². The first-order valence-corrected chi connectivity index (χ1v) is 6.96. The smallest absolute Gasteiger partial charge is 0.319 e. The molecular weight excluding hydrogens is 268 g/mol. The van der Waals surface area contributed by atoms with Crippen LogP contribution in [0.5, 0.6) is 0 Å². The second kappa shape index (κ2) is 8.06. The van der Waals surface area contributed by atoms with Gasteiger partial charge in [0.15, 0.2) is 0 Å². The van der Waals surface area contributed by atoms with Crippen molar-refractivity contribution in [1.82, 2.24) is 14.9 Å². The van der Waals surface area contributed by atoms with Gasteiger partial charge in [-0.1, -0.05) is 18.2 Å². The quantitative estimate of drug-likeness (QED) is 0.821. The first kappa shape index (κ1) is 15.1. The van der Waals surface area contributed by atoms with Crippen LogP contribution in [0.3, 0.4) is 0 Å². The maximum atomic E-state index is 11.9. The number of aromatic nitrogens is 2. The Morgan fingerprint density at radius 3 is 3.00 bits per heavy atom. The molecule has 0 fully saturated rings. The van der Waals surface area contributed by atoms with Crippen LogP contribution in [0.15, 0.2) is 43.0 Å². The molecule has 0 radical (unpaired) electrons. The van der Waals surface area contributed by atoms with Gasteiger partial charge in [-0.25, -0.2) is 9.78 Å². The SMILES string of the molecule is CCOCc1ccccc1NC(=O)NCCn1ccnc1. The average Bonchev–Trinajstić information content (AvgIpc) is 2.99. The highest BCUT2D eigenvalue weighted by Crippen LogP contribution is 2.15. The summed E-state index contributed by atoms with van der Waals surface area (Å²) in [5.41, 5.74) is 1.73. The monoisotopic (exact) mass is 288 g/mol. The van der Waals surface area contributed by atoms with Gasteiger partial charge in [0.2, 0.25) is 0 Å². The Kier molecular flexibility index (Phi) is 5.78. The van der Waals surface area contributed by atoms with Gasteiger partial charge >= 0.3 is 6.03 Å². The molecule has 21 heavy (non-hydrogen) atoms. The fraction of sp³-hybridized carbons (Fsp3) is 0.333. The van der Waals surface area contributed by atoms with E-state index in [1.165, 1.54) is 0 Å². The molecule has 2 amide bonds. The molecular formula is C15H20N4O2. The normalized spacial score (nSPS) is 10.3. The van der Waals surface area contributed by atoms with E-state index in [0.717, 1.165) is 11.3 Å². The first-order chi connectivity index (χ1) is 10.3. The fourth-order valence-corrected chi connectivity index (χ4v) is 1.86. The third kappa shape index (κ3) is 4.92. The van der Waals surface area contributed by atoms with E-state index >= 15 is 0 Å². The molecule has 0 spiro atoms. The Morgan fingerprint density at radius 1 is 1.38 bits per heavy atom. The number of amides is 2. The zero-order chi connectivity index (χ0) is 14.9. The van der Waals surface area contributed by atoms with Crippen molar-refractivity contribution in [2.75, 3.05) is 18.5 Å². The number of para-hydroxylation sites is 1. The molecule has 2 N–H and O–H groups in total. The Labute approximate surface area is 124 Å². The van der Waals surface area contributed by atoms with Crippen molar-refractivity contribution in [3.63, 3.8) is 0 Å². The number of nitrogens with zero attached hydrogens (tertiary/aromatic N) is 2. The van der Waals surface area contributed by atoms with Crippen LogP contribution in [0.2, 0.25) is 0 Å². The molecule has 2 rings (SSSR count). The van der Waals surface area contributed by atoms with E-state index in [1.807, 2.05) is 42.0 Å². The number of urea groups is 1. The number of nitrogens with one attached hydrogen (secondary N) is 2. The Bertz CT molecular complexity index is 555. The van der Waals surface area contributed by atoms with E-state index in [-0.39, 0.29) is 6.03 Å². The van der Waals surface area contributed by atoms with Gasteiger partial charge in [-0.15, -0.1) is 0 Å². The Morgan fingerprint density at radius 2 is 2.24 bits per heavy atom. The lowest BCUT2D eigenvalue weighted by Crippen LogP contribution is -2.31. The number of hydrogen-bond acceptors (Lipinski definition) is 3. The molecule has 6 nitrogen and oxygen atoms in total. The van der Waals surface area contributed by atoms with Crippen molar-refractivity contribution in [3.05, 3.63) is 48.5 Å². The number of ether oxygens (including phenoxy) is 1. The van der Waals surface area contributed by atoms with Crippen LogP contribution in [-0.2, 0) is 17.9 Å². The van der Waals surface area contributed by atoms with Crippen molar-refractivity contribution >= 4 is 11.7 Å². The molecule has 0 atom stereocenters. The standard InChI is InChI=1S/C15H20N4O2/c1-2-21-11-13-5-3-4-6-14(13)18-15(20)17-8-10-19-9-7-16-12-19/h3-7,9,12H,2,8,10-11H2,1H3,(H2,17,18,20). The molecule has 0 aliphatic heterocycles. The van der Waals surface area contributed by atoms with Gasteiger partial charge in [-0.3, -0.25) is 0 Å². The summed E-state index contributed by atoms with van der Waals surface area (Å²) in [6, 6.07) is 7.40. The van der Waals surface area contributed by atoms with Gasteiger partial charge in [0.05, 0.1) is 12.9 Å². The van der Waals surface area contributed by atoms with Gasteiger partial charge < -0.3 is 19.9 Å². The largest absolute Gasteiger partial charge is 0.377 e. The van der Waals surface area contributed by atoms with Crippen LogP contribution in [-0.4, -0.2) is 28.7 Å². The summed E-state index contributed by atoms with van der Waals surface area (Å²) in [5, 5.41) is 5.66. The van der Waals surface area contributed by atoms with Crippen LogP contribution in [0.1, 0.15) is 12.5 Å². The summed E-state index contributed by atoms with van der Waals surface area (Å²) in [6.45, 7) is 4.30. The van der Waals surface area contributed by atoms with E-state index < -0.39 is 0 Å². The van der Waals surface area contributed by atoms with Gasteiger partial charge in [0.1, 0.15) is 0 Å². The molecule has 2 aromatic rings. The highest BCUT2D eigenvalue weighted by molar-refractivity contribution is 5.90. The summed E-state index contributed by atoms with van der Waals surface area (Å²) in [6.07, 6.45) is 5.29. The molecule has 1 heterocycles. The van der Waals surface area contributed by atoms with E-state index in [2.05, 4.69) is 15.6 Å². The van der Waals surface area contributed by atoms with Crippen LogP contribution in [0.4, 0.5) is 10.5 Å². The van der Waals surface area contributed by atoms with Crippen LogP contribution in [0.25, 0.3) is 0 Å². The third-order valence-corrected chi connectivity index (χ3v) is 2.94. The maximum Gasteiger partial charge on any atom is 0.319 e. The number of anilines is 1. The molecule has 0 bridgehead atoms. The second-order valence-corrected chi connectivity index (χ2v) is 4.48. The number of benzene rings is 1. The molecule has 0 unspecified atom stereocenters. The molecule has 112 valence electrons. The minimum absolute atomic E-state index is 0.223. The van der Waals surface area contributed by atoms with Gasteiger partial charge in [-0.05, 0) is 13.0 Å². The van der Waals surface area contributed by atoms with Crippen LogP contribution < -0.4 is 10.6 Å². The summed E-state index contributed by atoms with van der Waals surface area (Å²) in [4.78, 5) is 15.8. The van der Waals surface area contributed by atoms with E-state index in [9.17, 15) is 4.79 Å². The van der Waals surface area contributed by atoms with E-state index in [1.54, 1.807) is 12.5 Å². The molecule has 0 saturated carbocycles. The number of hydrogen-bond donors (Lipinski definition) is 2. The molecule has 0 aliphatic carbocycles. The highest BCUT2D eigenvalue weighted by Gasteiger charge is 2.05. The topological polar surface area (TPSA) is 68.2 Å². The summed E-state index contributed by atoms with van der Waals surface area (Å²) in [5.74, 6) is 0. The van der Waals surface area contributed by atoms with Crippen molar-refractivity contribution < 1.29 is 9.53 Å². The fourth-order valence-electron chi connectivity index (χ4n) is 1.86. The summed E-state index contributed by atoms with van der Waals surface area (Å²) < 4.78 is 7.30. The van der Waals surface area contributed by atoms with E-state index in [4.69, 9.17) is 4.74 Å². The van der Waals surface area contributed by atoms with Crippen LogP contribution in [0, 0.1) is 0 Å². The molecule has 6 heteroatoms. The van der Waals surface area contributed by atoms with Crippen molar-refractivity contribution in [3.8, 4) is 0 Å². The van der Waals surface area contributed by atoms with E-state index in [0.29, 0.717) is 26.3 Å². The minimum atomic E-state index is -0.223. The number of rotatable bonds is 7. The summed E-state index contributed by atoms with van der Waals surface area (Å²) in [7, 11) is 0. The van der Waals surface area contributed by atoms with Crippen molar-refractivity contribution in [1.29, 1.82) is 0 Å². The molecule has 1 aromatic heterocycles. The zero-order valence-electron chi connectivity index (χ0n) is 12.1. The molecule has 1 aromatic carbocycles. The maximum absolute atomic E-state index is 11.9. The predicted octanol–water partition coefficient (Wildman–Crippen LogP) is 2.24. The van der Waals surface area contributed by atoms with Gasteiger partial charge in [0.25, 0.3) is 0 Å². The van der Waals surface area contributed by atoms with Crippen LogP contribution >= 0.6 is 0 Å². The Balaban J connectivity index is 1.81. The molecule has 0 saturated heterocycles. The molecule has 0 aliphatic rings. The zero-order valence-corrected chi connectivity index (χ0v) is 12.1. The first-order valence-electron chi connectivity index (χ1n) is 6.96. The Hall–Kier alpha value is -2.34. The third-order valence-electron chi connectivity index (χ3n) is 2.94. The number of carbonyl (C=O) groups excluding carboxylic acids is 1. The minimum Gasteiger partial charge on any atom is -0.377 e. The predicted molar refractivity (Wildman–Crippen MR) is 81.0 cm³/mol.